The number of unbranched alkanes of at least 4 members (excludes halogenated alkanes) is 1. The van der Waals surface area contributed by atoms with Crippen LogP contribution in [0.25, 0.3) is 0 Å². The van der Waals surface area contributed by atoms with Crippen LogP contribution in [0.2, 0.25) is 0 Å². The van der Waals surface area contributed by atoms with Crippen molar-refractivity contribution >= 4 is 0 Å². The molecule has 1 N–H and O–H groups in total. The normalized spacial score (nSPS) is 10.5. The maximum Gasteiger partial charge on any atom is 0.0622 e. The molecular formula is C15H22N2. The van der Waals surface area contributed by atoms with Gasteiger partial charge in [-0.1, -0.05) is 38.1 Å². The van der Waals surface area contributed by atoms with Crippen molar-refractivity contribution in [3.05, 3.63) is 35.4 Å². The molecule has 0 saturated carbocycles. The summed E-state index contributed by atoms with van der Waals surface area (Å²) >= 11 is 0. The van der Waals surface area contributed by atoms with Gasteiger partial charge in [-0.05, 0) is 43.0 Å². The Labute approximate surface area is 105 Å². The van der Waals surface area contributed by atoms with Crippen molar-refractivity contribution in [1.29, 1.82) is 5.26 Å². The van der Waals surface area contributed by atoms with Crippen LogP contribution in [0.5, 0.6) is 0 Å². The Morgan fingerprint density at radius 2 is 1.88 bits per heavy atom. The fraction of sp³-hybridized carbons (Fsp3) is 0.533. The maximum atomic E-state index is 8.39. The van der Waals surface area contributed by atoms with Crippen LogP contribution in [-0.4, -0.2) is 13.1 Å². The second-order valence-electron chi connectivity index (χ2n) is 4.66. The Morgan fingerprint density at radius 1 is 1.18 bits per heavy atom. The Kier molecular flexibility index (Phi) is 6.35. The predicted molar refractivity (Wildman–Crippen MR) is 72.0 cm³/mol. The van der Waals surface area contributed by atoms with Gasteiger partial charge in [-0.3, -0.25) is 0 Å². The lowest BCUT2D eigenvalue weighted by Crippen LogP contribution is -2.18. The first-order chi connectivity index (χ1) is 8.24. The summed E-state index contributed by atoms with van der Waals surface area (Å²) in [6, 6.07) is 11.0. The molecule has 0 unspecified atom stereocenters. The van der Waals surface area contributed by atoms with Gasteiger partial charge in [-0.15, -0.1) is 0 Å². The molecule has 0 heterocycles. The third-order valence-corrected chi connectivity index (χ3v) is 2.88. The second-order valence-corrected chi connectivity index (χ2v) is 4.66. The van der Waals surface area contributed by atoms with Crippen molar-refractivity contribution in [2.24, 2.45) is 0 Å². The molecule has 0 aliphatic rings. The summed E-state index contributed by atoms with van der Waals surface area (Å²) < 4.78 is 0. The van der Waals surface area contributed by atoms with E-state index in [0.29, 0.717) is 12.3 Å². The predicted octanol–water partition coefficient (Wildman–Crippen LogP) is 3.25. The van der Waals surface area contributed by atoms with Gasteiger partial charge in [0.2, 0.25) is 0 Å². The molecule has 1 aromatic carbocycles. The molecule has 0 bridgehead atoms. The van der Waals surface area contributed by atoms with E-state index in [0.717, 1.165) is 25.9 Å². The van der Waals surface area contributed by atoms with Crippen molar-refractivity contribution in [2.75, 3.05) is 13.1 Å². The van der Waals surface area contributed by atoms with Crippen molar-refractivity contribution in [3.63, 3.8) is 0 Å². The van der Waals surface area contributed by atoms with Gasteiger partial charge < -0.3 is 5.32 Å². The van der Waals surface area contributed by atoms with Crippen LogP contribution >= 0.6 is 0 Å². The topological polar surface area (TPSA) is 35.8 Å². The Balaban J connectivity index is 2.21. The number of benzene rings is 1. The molecule has 0 aliphatic carbocycles. The van der Waals surface area contributed by atoms with E-state index < -0.39 is 0 Å². The molecule has 0 spiro atoms. The standard InChI is InChI=1S/C15H22N2/c1-13(2)15-7-5-14(6-8-15)9-12-17-11-4-3-10-16/h5-8,13,17H,3-4,9,11-12H2,1-2H3. The van der Waals surface area contributed by atoms with E-state index in [4.69, 9.17) is 5.26 Å². The van der Waals surface area contributed by atoms with Crippen molar-refractivity contribution in [1.82, 2.24) is 5.32 Å². The number of nitriles is 1. The Bertz CT molecular complexity index is 346. The van der Waals surface area contributed by atoms with Gasteiger partial charge >= 0.3 is 0 Å². The minimum absolute atomic E-state index is 0.605. The number of hydrogen-bond donors (Lipinski definition) is 1. The fourth-order valence-electron chi connectivity index (χ4n) is 1.72. The number of nitrogens with one attached hydrogen (secondary N) is 1. The monoisotopic (exact) mass is 230 g/mol. The first-order valence-electron chi connectivity index (χ1n) is 6.40. The van der Waals surface area contributed by atoms with Crippen molar-refractivity contribution in [3.8, 4) is 6.07 Å². The summed E-state index contributed by atoms with van der Waals surface area (Å²) in [6.45, 7) is 6.36. The van der Waals surface area contributed by atoms with Crippen LogP contribution < -0.4 is 5.32 Å². The molecule has 0 aromatic heterocycles. The minimum atomic E-state index is 0.605. The lowest BCUT2D eigenvalue weighted by molar-refractivity contribution is 0.655. The first-order valence-corrected chi connectivity index (χ1v) is 6.40. The minimum Gasteiger partial charge on any atom is -0.316 e. The summed E-state index contributed by atoms with van der Waals surface area (Å²) in [6.07, 6.45) is 2.66. The first kappa shape index (κ1) is 13.7. The summed E-state index contributed by atoms with van der Waals surface area (Å²) in [7, 11) is 0. The van der Waals surface area contributed by atoms with Gasteiger partial charge in [0.1, 0.15) is 0 Å². The van der Waals surface area contributed by atoms with E-state index in [2.05, 4.69) is 49.5 Å². The molecule has 0 radical (unpaired) electrons. The number of rotatable bonds is 7. The Hall–Kier alpha value is -1.33. The third-order valence-electron chi connectivity index (χ3n) is 2.88. The molecule has 92 valence electrons. The molecule has 1 aromatic rings. The molecule has 0 aliphatic heterocycles. The third kappa shape index (κ3) is 5.51. The molecule has 0 atom stereocenters. The average molecular weight is 230 g/mol. The molecular weight excluding hydrogens is 208 g/mol. The van der Waals surface area contributed by atoms with Gasteiger partial charge in [-0.2, -0.15) is 5.26 Å². The SMILES string of the molecule is CC(C)c1ccc(CCNCCCC#N)cc1. The molecule has 2 heteroatoms. The van der Waals surface area contributed by atoms with Crippen molar-refractivity contribution < 1.29 is 0 Å². The number of hydrogen-bond acceptors (Lipinski definition) is 2. The smallest absolute Gasteiger partial charge is 0.0622 e. The maximum absolute atomic E-state index is 8.39. The Morgan fingerprint density at radius 3 is 2.47 bits per heavy atom. The lowest BCUT2D eigenvalue weighted by Gasteiger charge is -2.07. The highest BCUT2D eigenvalue weighted by molar-refractivity contribution is 5.24. The van der Waals surface area contributed by atoms with Gasteiger partial charge in [0.25, 0.3) is 0 Å². The molecule has 2 nitrogen and oxygen atoms in total. The highest BCUT2D eigenvalue weighted by Crippen LogP contribution is 2.14. The van der Waals surface area contributed by atoms with E-state index in [-0.39, 0.29) is 0 Å². The van der Waals surface area contributed by atoms with E-state index in [1.807, 2.05) is 0 Å². The molecule has 0 amide bonds. The van der Waals surface area contributed by atoms with E-state index in [1.165, 1.54) is 11.1 Å². The molecule has 1 rings (SSSR count). The average Bonchev–Trinajstić information content (AvgIpc) is 2.34. The van der Waals surface area contributed by atoms with Gasteiger partial charge in [0.05, 0.1) is 6.07 Å². The largest absolute Gasteiger partial charge is 0.316 e. The van der Waals surface area contributed by atoms with Gasteiger partial charge in [0.15, 0.2) is 0 Å². The zero-order valence-corrected chi connectivity index (χ0v) is 10.9. The summed E-state index contributed by atoms with van der Waals surface area (Å²) in [4.78, 5) is 0. The van der Waals surface area contributed by atoms with E-state index in [1.54, 1.807) is 0 Å². The second kappa shape index (κ2) is 7.86. The molecule has 0 fully saturated rings. The van der Waals surface area contributed by atoms with Crippen molar-refractivity contribution in [2.45, 2.75) is 39.0 Å². The van der Waals surface area contributed by atoms with E-state index >= 15 is 0 Å². The van der Waals surface area contributed by atoms with Crippen LogP contribution in [0.1, 0.15) is 43.7 Å². The van der Waals surface area contributed by atoms with Crippen LogP contribution in [0, 0.1) is 11.3 Å². The molecule has 17 heavy (non-hydrogen) atoms. The number of nitrogens with zero attached hydrogens (tertiary/aromatic N) is 1. The van der Waals surface area contributed by atoms with Gasteiger partial charge in [-0.25, -0.2) is 0 Å². The fourth-order valence-corrected chi connectivity index (χ4v) is 1.72. The zero-order chi connectivity index (χ0) is 12.5. The van der Waals surface area contributed by atoms with Crippen LogP contribution in [-0.2, 0) is 6.42 Å². The quantitative estimate of drug-likeness (QED) is 0.730. The summed E-state index contributed by atoms with van der Waals surface area (Å²) in [5.41, 5.74) is 2.78. The van der Waals surface area contributed by atoms with Gasteiger partial charge in [0, 0.05) is 6.42 Å². The highest BCUT2D eigenvalue weighted by Gasteiger charge is 1.98. The lowest BCUT2D eigenvalue weighted by atomic mass is 10.0. The summed E-state index contributed by atoms with van der Waals surface area (Å²) in [5, 5.41) is 11.7. The van der Waals surface area contributed by atoms with Crippen LogP contribution in [0.15, 0.2) is 24.3 Å². The highest BCUT2D eigenvalue weighted by atomic mass is 14.8. The van der Waals surface area contributed by atoms with Crippen LogP contribution in [0.3, 0.4) is 0 Å². The summed E-state index contributed by atoms with van der Waals surface area (Å²) in [5.74, 6) is 0.605. The molecule has 0 saturated heterocycles. The van der Waals surface area contributed by atoms with E-state index in [9.17, 15) is 0 Å². The zero-order valence-electron chi connectivity index (χ0n) is 10.9. The van der Waals surface area contributed by atoms with Crippen LogP contribution in [0.4, 0.5) is 0 Å².